The molecule has 0 aliphatic carbocycles. The van der Waals surface area contributed by atoms with Gasteiger partial charge in [-0.25, -0.2) is 12.8 Å². The Kier molecular flexibility index (Phi) is 7.56. The maximum atomic E-state index is 14.0. The molecule has 0 fully saturated rings. The van der Waals surface area contributed by atoms with Crippen LogP contribution < -0.4 is 19.1 Å². The van der Waals surface area contributed by atoms with Crippen molar-refractivity contribution in [1.82, 2.24) is 5.32 Å². The fourth-order valence-corrected chi connectivity index (χ4v) is 4.86. The van der Waals surface area contributed by atoms with Crippen LogP contribution in [0, 0.1) is 11.6 Å². The molecule has 12 heteroatoms. The first-order valence-electron chi connectivity index (χ1n) is 11.3. The van der Waals surface area contributed by atoms with E-state index in [-0.39, 0.29) is 46.4 Å². The van der Waals surface area contributed by atoms with Gasteiger partial charge in [-0.1, -0.05) is 6.07 Å². The first-order valence-corrected chi connectivity index (χ1v) is 13.1. The van der Waals surface area contributed by atoms with E-state index in [1.165, 1.54) is 50.6 Å². The van der Waals surface area contributed by atoms with E-state index in [0.717, 1.165) is 16.6 Å². The average Bonchev–Trinajstić information content (AvgIpc) is 3.26. The van der Waals surface area contributed by atoms with E-state index in [1.807, 2.05) is 0 Å². The molecule has 0 spiro atoms. The van der Waals surface area contributed by atoms with E-state index >= 15 is 0 Å². The second-order valence-electron chi connectivity index (χ2n) is 8.14. The topological polar surface area (TPSA) is 118 Å². The SMILES string of the molecule is CNC(=O)c1c(-c2ccc(Oc3cccc(F)c3F)cc2)oc2cc(N(CCO)S(C)(=O)=O)c(OC)cc12. The molecule has 2 N–H and O–H groups in total. The number of sulfonamides is 1. The van der Waals surface area contributed by atoms with Crippen LogP contribution in [0.3, 0.4) is 0 Å². The molecule has 0 atom stereocenters. The number of halogens is 2. The lowest BCUT2D eigenvalue weighted by Gasteiger charge is -2.23. The fraction of sp³-hybridized carbons (Fsp3) is 0.192. The number of fused-ring (bicyclic) bond motifs is 1. The van der Waals surface area contributed by atoms with Crippen LogP contribution >= 0.6 is 0 Å². The van der Waals surface area contributed by atoms with E-state index in [9.17, 15) is 27.1 Å². The van der Waals surface area contributed by atoms with E-state index in [4.69, 9.17) is 13.9 Å². The van der Waals surface area contributed by atoms with Crippen LogP contribution in [0.25, 0.3) is 22.3 Å². The maximum absolute atomic E-state index is 14.0. The number of hydrogen-bond donors (Lipinski definition) is 2. The quantitative estimate of drug-likeness (QED) is 0.321. The van der Waals surface area contributed by atoms with Gasteiger partial charge in [-0.3, -0.25) is 9.10 Å². The number of aliphatic hydroxyl groups is 1. The number of rotatable bonds is 9. The van der Waals surface area contributed by atoms with Crippen LogP contribution in [0.5, 0.6) is 17.2 Å². The Morgan fingerprint density at radius 1 is 1.11 bits per heavy atom. The van der Waals surface area contributed by atoms with Gasteiger partial charge in [0.2, 0.25) is 15.8 Å². The summed E-state index contributed by atoms with van der Waals surface area (Å²) in [5.41, 5.74) is 0.956. The van der Waals surface area contributed by atoms with Gasteiger partial charge in [0.1, 0.15) is 22.8 Å². The molecule has 0 unspecified atom stereocenters. The van der Waals surface area contributed by atoms with Crippen LogP contribution in [0.15, 0.2) is 59.0 Å². The summed E-state index contributed by atoms with van der Waals surface area (Å²) in [6.07, 6.45) is 0.995. The lowest BCUT2D eigenvalue weighted by Crippen LogP contribution is -2.32. The molecule has 0 saturated heterocycles. The third-order valence-corrected chi connectivity index (χ3v) is 6.86. The van der Waals surface area contributed by atoms with Gasteiger partial charge in [0.25, 0.3) is 5.91 Å². The van der Waals surface area contributed by atoms with Gasteiger partial charge in [0, 0.05) is 24.1 Å². The largest absolute Gasteiger partial charge is 0.495 e. The Hall–Kier alpha value is -4.16. The summed E-state index contributed by atoms with van der Waals surface area (Å²) in [4.78, 5) is 12.9. The van der Waals surface area contributed by atoms with E-state index in [2.05, 4.69) is 5.32 Å². The third-order valence-electron chi connectivity index (χ3n) is 5.68. The number of carbonyl (C=O) groups excluding carboxylic acids is 1. The van der Waals surface area contributed by atoms with Crippen molar-refractivity contribution in [2.45, 2.75) is 0 Å². The highest BCUT2D eigenvalue weighted by atomic mass is 32.2. The Balaban J connectivity index is 1.82. The normalized spacial score (nSPS) is 11.4. The molecule has 4 rings (SSSR count). The van der Waals surface area contributed by atoms with Crippen molar-refractivity contribution in [1.29, 1.82) is 0 Å². The Morgan fingerprint density at radius 3 is 2.42 bits per heavy atom. The van der Waals surface area contributed by atoms with Crippen LogP contribution in [0.2, 0.25) is 0 Å². The highest BCUT2D eigenvalue weighted by Crippen LogP contribution is 2.41. The predicted octanol–water partition coefficient (Wildman–Crippen LogP) is 4.30. The number of anilines is 1. The molecular weight excluding hydrogens is 522 g/mol. The summed E-state index contributed by atoms with van der Waals surface area (Å²) in [7, 11) is -0.982. The van der Waals surface area contributed by atoms with Crippen molar-refractivity contribution in [3.63, 3.8) is 0 Å². The average molecular weight is 547 g/mol. The molecule has 0 bridgehead atoms. The molecule has 1 amide bonds. The molecule has 0 saturated carbocycles. The number of benzene rings is 3. The molecule has 0 aliphatic heterocycles. The Labute approximate surface area is 217 Å². The van der Waals surface area contributed by atoms with E-state index in [1.54, 1.807) is 12.1 Å². The Bertz CT molecular complexity index is 1600. The minimum atomic E-state index is -3.79. The lowest BCUT2D eigenvalue weighted by atomic mass is 10.0. The van der Waals surface area contributed by atoms with Crippen molar-refractivity contribution in [3.8, 4) is 28.6 Å². The number of hydrogen-bond acceptors (Lipinski definition) is 7. The van der Waals surface area contributed by atoms with Crippen molar-refractivity contribution < 1.29 is 41.0 Å². The molecule has 0 aliphatic rings. The summed E-state index contributed by atoms with van der Waals surface area (Å²) < 4.78 is 70.1. The number of furan rings is 1. The smallest absolute Gasteiger partial charge is 0.255 e. The van der Waals surface area contributed by atoms with Gasteiger partial charge in [0.05, 0.1) is 37.8 Å². The summed E-state index contributed by atoms with van der Waals surface area (Å²) in [5, 5.41) is 12.3. The highest BCUT2D eigenvalue weighted by Gasteiger charge is 2.27. The van der Waals surface area contributed by atoms with Crippen LogP contribution in [-0.2, 0) is 10.0 Å². The summed E-state index contributed by atoms with van der Waals surface area (Å²) >= 11 is 0. The first kappa shape index (κ1) is 26.9. The number of aliphatic hydroxyl groups excluding tert-OH is 1. The van der Waals surface area contributed by atoms with Crippen LogP contribution in [0.1, 0.15) is 10.4 Å². The number of ether oxygens (including phenoxy) is 2. The fourth-order valence-electron chi connectivity index (χ4n) is 3.94. The summed E-state index contributed by atoms with van der Waals surface area (Å²) in [5.74, 6) is -2.38. The number of amides is 1. The number of carbonyl (C=O) groups is 1. The summed E-state index contributed by atoms with van der Waals surface area (Å²) in [6, 6.07) is 12.6. The molecule has 1 heterocycles. The van der Waals surface area contributed by atoms with Gasteiger partial charge in [0.15, 0.2) is 11.6 Å². The van der Waals surface area contributed by atoms with Gasteiger partial charge >= 0.3 is 0 Å². The predicted molar refractivity (Wildman–Crippen MR) is 137 cm³/mol. The van der Waals surface area contributed by atoms with Gasteiger partial charge in [-0.15, -0.1) is 0 Å². The summed E-state index contributed by atoms with van der Waals surface area (Å²) in [6.45, 7) is -0.654. The molecule has 0 radical (unpaired) electrons. The minimum absolute atomic E-state index is 0.126. The van der Waals surface area contributed by atoms with Crippen molar-refractivity contribution >= 4 is 32.6 Å². The van der Waals surface area contributed by atoms with Crippen LogP contribution in [-0.4, -0.2) is 53.0 Å². The van der Waals surface area contributed by atoms with Crippen molar-refractivity contribution in [3.05, 3.63) is 71.8 Å². The highest BCUT2D eigenvalue weighted by molar-refractivity contribution is 7.92. The van der Waals surface area contributed by atoms with Gasteiger partial charge < -0.3 is 24.3 Å². The van der Waals surface area contributed by atoms with Crippen molar-refractivity contribution in [2.24, 2.45) is 0 Å². The van der Waals surface area contributed by atoms with Crippen LogP contribution in [0.4, 0.5) is 14.5 Å². The van der Waals surface area contributed by atoms with Crippen molar-refractivity contribution in [2.75, 3.05) is 37.9 Å². The number of methoxy groups -OCH3 is 1. The van der Waals surface area contributed by atoms with E-state index < -0.39 is 34.2 Å². The zero-order valence-corrected chi connectivity index (χ0v) is 21.4. The number of nitrogens with zero attached hydrogens (tertiary/aromatic N) is 1. The monoisotopic (exact) mass is 546 g/mol. The maximum Gasteiger partial charge on any atom is 0.255 e. The molecule has 4 aromatic rings. The third kappa shape index (κ3) is 5.13. The zero-order chi connectivity index (χ0) is 27.6. The molecule has 9 nitrogen and oxygen atoms in total. The number of nitrogens with one attached hydrogen (secondary N) is 1. The lowest BCUT2D eigenvalue weighted by molar-refractivity contribution is 0.0964. The standard InChI is InChI=1S/C26H24F2N2O7S/c1-29-26(32)23-17-13-22(35-2)19(30(11-12-31)38(3,33)34)14-21(17)37-25(23)15-7-9-16(10-8-15)36-20-6-4-5-18(27)24(20)28/h4-10,13-14,31H,11-12H2,1-3H3,(H,29,32). The molecular formula is C26H24F2N2O7S. The second kappa shape index (κ2) is 10.7. The first-order chi connectivity index (χ1) is 18.1. The molecule has 3 aromatic carbocycles. The molecule has 1 aromatic heterocycles. The molecule has 38 heavy (non-hydrogen) atoms. The van der Waals surface area contributed by atoms with E-state index in [0.29, 0.717) is 10.9 Å². The second-order valence-corrected chi connectivity index (χ2v) is 10.0. The zero-order valence-electron chi connectivity index (χ0n) is 20.6. The Morgan fingerprint density at radius 2 is 1.82 bits per heavy atom. The van der Waals surface area contributed by atoms with Gasteiger partial charge in [-0.2, -0.15) is 4.39 Å². The van der Waals surface area contributed by atoms with Gasteiger partial charge in [-0.05, 0) is 42.5 Å². The minimum Gasteiger partial charge on any atom is -0.495 e. The molecule has 200 valence electrons.